The minimum absolute atomic E-state index is 0.0448. The van der Waals surface area contributed by atoms with Crippen molar-refractivity contribution in [2.24, 2.45) is 0 Å². The number of benzene rings is 2. The van der Waals surface area contributed by atoms with Gasteiger partial charge < -0.3 is 14.5 Å². The lowest BCUT2D eigenvalue weighted by molar-refractivity contribution is -0.130. The van der Waals surface area contributed by atoms with Crippen LogP contribution in [0.15, 0.2) is 48.5 Å². The van der Waals surface area contributed by atoms with E-state index in [9.17, 15) is 9.18 Å². The van der Waals surface area contributed by atoms with E-state index in [1.807, 2.05) is 30.0 Å². The first-order valence-electron chi connectivity index (χ1n) is 8.66. The molecule has 4 nitrogen and oxygen atoms in total. The third-order valence-corrected chi connectivity index (χ3v) is 4.38. The second kappa shape index (κ2) is 8.01. The molecule has 1 fully saturated rings. The first-order chi connectivity index (χ1) is 12.2. The number of piperazine rings is 1. The normalized spacial score (nSPS) is 14.5. The number of carbonyl (C=O) groups excluding carboxylic acids is 1. The van der Waals surface area contributed by atoms with Crippen LogP contribution in [0.4, 0.5) is 10.1 Å². The summed E-state index contributed by atoms with van der Waals surface area (Å²) in [6, 6.07) is 14.2. The predicted molar refractivity (Wildman–Crippen MR) is 96.5 cm³/mol. The largest absolute Gasteiger partial charge is 0.492 e. The van der Waals surface area contributed by atoms with Crippen LogP contribution in [0.3, 0.4) is 0 Å². The van der Waals surface area contributed by atoms with E-state index in [0.717, 1.165) is 24.5 Å². The molecular formula is C20H23FN2O2. The number of ether oxygens (including phenoxy) is 1. The molecule has 0 aromatic heterocycles. The van der Waals surface area contributed by atoms with E-state index in [1.165, 1.54) is 12.1 Å². The van der Waals surface area contributed by atoms with Gasteiger partial charge in [-0.15, -0.1) is 0 Å². The zero-order valence-corrected chi connectivity index (χ0v) is 14.5. The predicted octanol–water partition coefficient (Wildman–Crippen LogP) is 3.12. The number of rotatable bonds is 5. The monoisotopic (exact) mass is 342 g/mol. The van der Waals surface area contributed by atoms with Crippen LogP contribution in [0, 0.1) is 5.82 Å². The molecule has 25 heavy (non-hydrogen) atoms. The van der Waals surface area contributed by atoms with Gasteiger partial charge in [-0.25, -0.2) is 4.39 Å². The van der Waals surface area contributed by atoms with Crippen molar-refractivity contribution in [3.63, 3.8) is 0 Å². The lowest BCUT2D eigenvalue weighted by Crippen LogP contribution is -2.49. The van der Waals surface area contributed by atoms with Crippen molar-refractivity contribution in [2.75, 3.05) is 37.7 Å². The molecule has 0 radical (unpaired) electrons. The summed E-state index contributed by atoms with van der Waals surface area (Å²) < 4.78 is 19.0. The van der Waals surface area contributed by atoms with E-state index >= 15 is 0 Å². The molecule has 2 aromatic carbocycles. The molecule has 0 spiro atoms. The number of nitrogens with zero attached hydrogens (tertiary/aromatic N) is 2. The number of para-hydroxylation sites is 2. The molecule has 0 atom stereocenters. The maximum absolute atomic E-state index is 13.3. The van der Waals surface area contributed by atoms with Crippen LogP contribution in [0.1, 0.15) is 12.5 Å². The Balaban J connectivity index is 1.59. The van der Waals surface area contributed by atoms with Crippen molar-refractivity contribution in [3.05, 3.63) is 59.9 Å². The van der Waals surface area contributed by atoms with E-state index in [0.29, 0.717) is 25.3 Å². The average Bonchev–Trinajstić information content (AvgIpc) is 2.63. The maximum Gasteiger partial charge on any atom is 0.227 e. The van der Waals surface area contributed by atoms with Gasteiger partial charge in [0.2, 0.25) is 5.91 Å². The van der Waals surface area contributed by atoms with Gasteiger partial charge in [-0.05, 0) is 36.8 Å². The molecule has 1 heterocycles. The van der Waals surface area contributed by atoms with Gasteiger partial charge in [0.05, 0.1) is 18.7 Å². The molecule has 1 aliphatic rings. The van der Waals surface area contributed by atoms with Gasteiger partial charge in [-0.3, -0.25) is 4.79 Å². The molecular weight excluding hydrogens is 319 g/mol. The van der Waals surface area contributed by atoms with Crippen LogP contribution in [0.2, 0.25) is 0 Å². The highest BCUT2D eigenvalue weighted by Gasteiger charge is 2.23. The highest BCUT2D eigenvalue weighted by Crippen LogP contribution is 2.28. The highest BCUT2D eigenvalue weighted by atomic mass is 19.1. The van der Waals surface area contributed by atoms with E-state index in [-0.39, 0.29) is 18.1 Å². The summed E-state index contributed by atoms with van der Waals surface area (Å²) in [5.41, 5.74) is 1.79. The van der Waals surface area contributed by atoms with Gasteiger partial charge in [0, 0.05) is 26.2 Å². The Morgan fingerprint density at radius 3 is 2.56 bits per heavy atom. The zero-order valence-electron chi connectivity index (χ0n) is 14.5. The third kappa shape index (κ3) is 4.29. The second-order valence-corrected chi connectivity index (χ2v) is 6.08. The van der Waals surface area contributed by atoms with Crippen molar-refractivity contribution in [3.8, 4) is 5.75 Å². The van der Waals surface area contributed by atoms with Crippen molar-refractivity contribution in [1.82, 2.24) is 4.90 Å². The van der Waals surface area contributed by atoms with Crippen LogP contribution >= 0.6 is 0 Å². The van der Waals surface area contributed by atoms with E-state index in [2.05, 4.69) is 11.0 Å². The molecule has 1 aliphatic heterocycles. The SMILES string of the molecule is CCOc1ccccc1N1CCN(C(=O)Cc2cccc(F)c2)CC1. The van der Waals surface area contributed by atoms with Crippen LogP contribution in [0.25, 0.3) is 0 Å². The molecule has 0 aliphatic carbocycles. The van der Waals surface area contributed by atoms with Gasteiger partial charge >= 0.3 is 0 Å². The summed E-state index contributed by atoms with van der Waals surface area (Å²) in [5.74, 6) is 0.621. The lowest BCUT2D eigenvalue weighted by atomic mass is 10.1. The van der Waals surface area contributed by atoms with Crippen LogP contribution in [-0.4, -0.2) is 43.6 Å². The summed E-state index contributed by atoms with van der Waals surface area (Å²) >= 11 is 0. The van der Waals surface area contributed by atoms with Crippen LogP contribution in [0.5, 0.6) is 5.75 Å². The molecule has 2 aromatic rings. The Bertz CT molecular complexity index is 727. The maximum atomic E-state index is 13.3. The number of amides is 1. The standard InChI is InChI=1S/C20H23FN2O2/c1-2-25-19-9-4-3-8-18(19)22-10-12-23(13-11-22)20(24)15-16-6-5-7-17(21)14-16/h3-9,14H,2,10-13,15H2,1H3. The topological polar surface area (TPSA) is 32.8 Å². The Hall–Kier alpha value is -2.56. The molecule has 1 amide bonds. The van der Waals surface area contributed by atoms with Crippen molar-refractivity contribution in [1.29, 1.82) is 0 Å². The van der Waals surface area contributed by atoms with Gasteiger partial charge in [0.15, 0.2) is 0 Å². The van der Waals surface area contributed by atoms with Gasteiger partial charge in [0.25, 0.3) is 0 Å². The quantitative estimate of drug-likeness (QED) is 0.837. The summed E-state index contributed by atoms with van der Waals surface area (Å²) in [6.07, 6.45) is 0.243. The summed E-state index contributed by atoms with van der Waals surface area (Å²) in [5, 5.41) is 0. The summed E-state index contributed by atoms with van der Waals surface area (Å²) in [4.78, 5) is 16.6. The second-order valence-electron chi connectivity index (χ2n) is 6.08. The Kier molecular flexibility index (Phi) is 5.53. The van der Waals surface area contributed by atoms with Crippen LogP contribution < -0.4 is 9.64 Å². The number of anilines is 1. The third-order valence-electron chi connectivity index (χ3n) is 4.38. The summed E-state index contributed by atoms with van der Waals surface area (Å²) in [7, 11) is 0. The summed E-state index contributed by atoms with van der Waals surface area (Å²) in [6.45, 7) is 5.45. The number of hydrogen-bond acceptors (Lipinski definition) is 3. The minimum Gasteiger partial charge on any atom is -0.492 e. The first-order valence-corrected chi connectivity index (χ1v) is 8.66. The highest BCUT2D eigenvalue weighted by molar-refractivity contribution is 5.79. The van der Waals surface area contributed by atoms with Crippen molar-refractivity contribution in [2.45, 2.75) is 13.3 Å². The van der Waals surface area contributed by atoms with E-state index in [1.54, 1.807) is 12.1 Å². The fourth-order valence-electron chi connectivity index (χ4n) is 3.13. The van der Waals surface area contributed by atoms with Gasteiger partial charge in [-0.2, -0.15) is 0 Å². The minimum atomic E-state index is -0.303. The van der Waals surface area contributed by atoms with Gasteiger partial charge in [-0.1, -0.05) is 24.3 Å². The van der Waals surface area contributed by atoms with Gasteiger partial charge in [0.1, 0.15) is 11.6 Å². The number of carbonyl (C=O) groups is 1. The average molecular weight is 342 g/mol. The molecule has 0 N–H and O–H groups in total. The molecule has 132 valence electrons. The van der Waals surface area contributed by atoms with Crippen molar-refractivity contribution >= 4 is 11.6 Å². The molecule has 0 bridgehead atoms. The Labute approximate surface area is 147 Å². The number of halogens is 1. The first kappa shape index (κ1) is 17.3. The van der Waals surface area contributed by atoms with Crippen molar-refractivity contribution < 1.29 is 13.9 Å². The zero-order chi connectivity index (χ0) is 17.6. The fourth-order valence-corrected chi connectivity index (χ4v) is 3.13. The van der Waals surface area contributed by atoms with E-state index in [4.69, 9.17) is 4.74 Å². The molecule has 3 rings (SSSR count). The molecule has 0 saturated carbocycles. The Morgan fingerprint density at radius 1 is 1.08 bits per heavy atom. The smallest absolute Gasteiger partial charge is 0.227 e. The molecule has 5 heteroatoms. The van der Waals surface area contributed by atoms with Crippen LogP contribution in [-0.2, 0) is 11.2 Å². The number of hydrogen-bond donors (Lipinski definition) is 0. The fraction of sp³-hybridized carbons (Fsp3) is 0.350. The van der Waals surface area contributed by atoms with E-state index < -0.39 is 0 Å². The lowest BCUT2D eigenvalue weighted by Gasteiger charge is -2.36. The Morgan fingerprint density at radius 2 is 1.84 bits per heavy atom. The molecule has 0 unspecified atom stereocenters. The molecule has 1 saturated heterocycles.